The van der Waals surface area contributed by atoms with Crippen molar-refractivity contribution in [2.24, 2.45) is 0 Å². The molecule has 0 spiro atoms. The lowest BCUT2D eigenvalue weighted by molar-refractivity contribution is 0.600. The van der Waals surface area contributed by atoms with Crippen LogP contribution in [-0.2, 0) is 5.41 Å². The minimum Gasteiger partial charge on any atom is -0.313 e. The molecule has 2 aliphatic heterocycles. The van der Waals surface area contributed by atoms with Crippen molar-refractivity contribution in [3.8, 4) is 33.4 Å². The number of allylic oxidation sites excluding steroid dienone is 4. The molecular formula is C53H39N. The van der Waals surface area contributed by atoms with Crippen molar-refractivity contribution in [1.82, 2.24) is 0 Å². The van der Waals surface area contributed by atoms with Gasteiger partial charge in [-0.3, -0.25) is 0 Å². The molecule has 8 aromatic carbocycles. The van der Waals surface area contributed by atoms with Gasteiger partial charge in [-0.1, -0.05) is 178 Å². The summed E-state index contributed by atoms with van der Waals surface area (Å²) >= 11 is 0. The number of hydrogen-bond donors (Lipinski definition) is 0. The molecule has 2 heterocycles. The van der Waals surface area contributed by atoms with Gasteiger partial charge >= 0.3 is 0 Å². The molecule has 0 fully saturated rings. The van der Waals surface area contributed by atoms with E-state index in [4.69, 9.17) is 0 Å². The Hall–Kier alpha value is -6.44. The first kappa shape index (κ1) is 31.1. The highest BCUT2D eigenvalue weighted by Crippen LogP contribution is 2.61. The van der Waals surface area contributed by atoms with Gasteiger partial charge in [0.2, 0.25) is 0 Å². The molecule has 11 rings (SSSR count). The summed E-state index contributed by atoms with van der Waals surface area (Å²) in [5.41, 5.74) is 18.6. The number of rotatable bonds is 4. The Bertz CT molecular complexity index is 2800. The van der Waals surface area contributed by atoms with Crippen LogP contribution in [0.1, 0.15) is 42.9 Å². The highest BCUT2D eigenvalue weighted by molar-refractivity contribution is 6.21. The Balaban J connectivity index is 1.04. The Labute approximate surface area is 317 Å². The van der Waals surface area contributed by atoms with E-state index in [9.17, 15) is 0 Å². The van der Waals surface area contributed by atoms with E-state index in [1.54, 1.807) is 0 Å². The smallest absolute Gasteiger partial charge is 0.0499 e. The summed E-state index contributed by atoms with van der Waals surface area (Å²) in [6, 6.07) is 65.2. The van der Waals surface area contributed by atoms with Gasteiger partial charge in [0.1, 0.15) is 0 Å². The van der Waals surface area contributed by atoms with Crippen LogP contribution in [-0.4, -0.2) is 0 Å². The number of nitrogens with zero attached hydrogens (tertiary/aromatic N) is 1. The van der Waals surface area contributed by atoms with Crippen molar-refractivity contribution in [1.29, 1.82) is 0 Å². The van der Waals surface area contributed by atoms with Crippen LogP contribution in [0.25, 0.3) is 60.5 Å². The number of benzene rings is 8. The monoisotopic (exact) mass is 689 g/mol. The Morgan fingerprint density at radius 2 is 0.963 bits per heavy atom. The number of hydrogen-bond acceptors (Lipinski definition) is 1. The largest absolute Gasteiger partial charge is 0.313 e. The van der Waals surface area contributed by atoms with Crippen molar-refractivity contribution in [2.75, 3.05) is 4.90 Å². The highest BCUT2D eigenvalue weighted by atomic mass is 15.2. The van der Waals surface area contributed by atoms with Crippen LogP contribution < -0.4 is 4.90 Å². The molecule has 0 saturated heterocycles. The number of para-hydroxylation sites is 1. The van der Waals surface area contributed by atoms with Crippen LogP contribution >= 0.6 is 0 Å². The molecule has 1 atom stereocenters. The molecule has 1 unspecified atom stereocenters. The summed E-state index contributed by atoms with van der Waals surface area (Å²) in [6.45, 7) is 4.81. The molecular weight excluding hydrogens is 651 g/mol. The molecule has 0 N–H and O–H groups in total. The van der Waals surface area contributed by atoms with Gasteiger partial charge in [-0.2, -0.15) is 0 Å². The molecule has 0 bridgehead atoms. The lowest BCUT2D eigenvalue weighted by atomic mass is 9.68. The van der Waals surface area contributed by atoms with Gasteiger partial charge in [0.05, 0.1) is 0 Å². The van der Waals surface area contributed by atoms with E-state index in [1.807, 2.05) is 0 Å². The maximum Gasteiger partial charge on any atom is 0.0499 e. The summed E-state index contributed by atoms with van der Waals surface area (Å²) in [7, 11) is 0. The molecule has 1 aliphatic carbocycles. The summed E-state index contributed by atoms with van der Waals surface area (Å²) in [6.07, 6.45) is 3.50. The lowest BCUT2D eigenvalue weighted by Crippen LogP contribution is -2.34. The maximum absolute atomic E-state index is 2.58. The van der Waals surface area contributed by atoms with Crippen molar-refractivity contribution < 1.29 is 0 Å². The quantitative estimate of drug-likeness (QED) is 0.166. The molecule has 8 aromatic rings. The fourth-order valence-corrected chi connectivity index (χ4v) is 9.83. The lowest BCUT2D eigenvalue weighted by Gasteiger charge is -2.43. The Morgan fingerprint density at radius 3 is 1.59 bits per heavy atom. The van der Waals surface area contributed by atoms with E-state index in [2.05, 4.69) is 201 Å². The number of fused-ring (bicyclic) bond motifs is 7. The zero-order valence-electron chi connectivity index (χ0n) is 30.6. The van der Waals surface area contributed by atoms with Crippen molar-refractivity contribution in [3.05, 3.63) is 210 Å². The fourth-order valence-electron chi connectivity index (χ4n) is 9.83. The van der Waals surface area contributed by atoms with Gasteiger partial charge < -0.3 is 4.90 Å². The SMILES string of the molecule is CC1(C)C2=C3C(CC(c4ccccc4)=C2)c2cc(-c4ccc(-c5c6ccccc6c(-c6ccccc6)c6ccccc56)cc4)ccc2N3c2ccccc21. The van der Waals surface area contributed by atoms with Gasteiger partial charge in [0.25, 0.3) is 0 Å². The second kappa shape index (κ2) is 11.8. The fraction of sp³-hybridized carbons (Fsp3) is 0.0943. The van der Waals surface area contributed by atoms with E-state index in [1.165, 1.54) is 99.8 Å². The highest BCUT2D eigenvalue weighted by Gasteiger charge is 2.47. The average molecular weight is 690 g/mol. The molecule has 0 aromatic heterocycles. The summed E-state index contributed by atoms with van der Waals surface area (Å²) in [5.74, 6) is 0.294. The first-order chi connectivity index (χ1) is 26.6. The second-order valence-electron chi connectivity index (χ2n) is 15.6. The third kappa shape index (κ3) is 4.51. The molecule has 1 heteroatoms. The van der Waals surface area contributed by atoms with Crippen LogP contribution in [0, 0.1) is 0 Å². The second-order valence-corrected chi connectivity index (χ2v) is 15.6. The van der Waals surface area contributed by atoms with Crippen molar-refractivity contribution in [3.63, 3.8) is 0 Å². The van der Waals surface area contributed by atoms with Crippen LogP contribution in [0.15, 0.2) is 193 Å². The first-order valence-electron chi connectivity index (χ1n) is 19.2. The van der Waals surface area contributed by atoms with E-state index < -0.39 is 0 Å². The van der Waals surface area contributed by atoms with Gasteiger partial charge in [0.15, 0.2) is 0 Å². The maximum atomic E-state index is 2.58. The minimum atomic E-state index is -0.102. The normalized spacial score (nSPS) is 16.6. The number of anilines is 2. The minimum absolute atomic E-state index is 0.102. The molecule has 0 saturated carbocycles. The van der Waals surface area contributed by atoms with Crippen LogP contribution in [0.5, 0.6) is 0 Å². The molecule has 1 nitrogen and oxygen atoms in total. The average Bonchev–Trinajstić information content (AvgIpc) is 3.56. The van der Waals surface area contributed by atoms with Crippen molar-refractivity contribution >= 4 is 38.5 Å². The first-order valence-corrected chi connectivity index (χ1v) is 19.2. The standard InChI is InChI=1S/C53H39N/c1-53(2)46-23-13-14-24-49(46)54-48-30-29-38(31-44(48)45-32-39(33-47(53)52(45)54)34-15-5-3-6-16-34)35-25-27-37(28-26-35)51-42-21-11-9-19-40(42)50(36-17-7-4-8-18-36)41-20-10-12-22-43(41)51/h3-31,33,45H,32H2,1-2H3. The van der Waals surface area contributed by atoms with Gasteiger partial charge in [0, 0.05) is 28.4 Å². The molecule has 54 heavy (non-hydrogen) atoms. The summed E-state index contributed by atoms with van der Waals surface area (Å²) in [5, 5.41) is 5.13. The van der Waals surface area contributed by atoms with E-state index in [0.29, 0.717) is 5.92 Å². The Kier molecular flexibility index (Phi) is 6.79. The van der Waals surface area contributed by atoms with Gasteiger partial charge in [-0.25, -0.2) is 0 Å². The molecule has 0 radical (unpaired) electrons. The molecule has 3 aliphatic rings. The van der Waals surface area contributed by atoms with Crippen LogP contribution in [0.4, 0.5) is 11.4 Å². The predicted molar refractivity (Wildman–Crippen MR) is 228 cm³/mol. The third-order valence-electron chi connectivity index (χ3n) is 12.4. The third-order valence-corrected chi connectivity index (χ3v) is 12.4. The van der Waals surface area contributed by atoms with Crippen molar-refractivity contribution in [2.45, 2.75) is 31.6 Å². The predicted octanol–water partition coefficient (Wildman–Crippen LogP) is 14.3. The van der Waals surface area contributed by atoms with E-state index in [-0.39, 0.29) is 5.41 Å². The van der Waals surface area contributed by atoms with Crippen LogP contribution in [0.2, 0.25) is 0 Å². The Morgan fingerprint density at radius 1 is 0.463 bits per heavy atom. The van der Waals surface area contributed by atoms with Gasteiger partial charge in [-0.15, -0.1) is 0 Å². The summed E-state index contributed by atoms with van der Waals surface area (Å²) < 4.78 is 0. The van der Waals surface area contributed by atoms with E-state index in [0.717, 1.165) is 6.42 Å². The molecule has 0 amide bonds. The molecule has 256 valence electrons. The topological polar surface area (TPSA) is 3.24 Å². The zero-order valence-corrected chi connectivity index (χ0v) is 30.6. The van der Waals surface area contributed by atoms with Crippen LogP contribution in [0.3, 0.4) is 0 Å². The van der Waals surface area contributed by atoms with Gasteiger partial charge in [-0.05, 0) is 107 Å². The van der Waals surface area contributed by atoms with E-state index >= 15 is 0 Å². The zero-order chi connectivity index (χ0) is 36.0. The summed E-state index contributed by atoms with van der Waals surface area (Å²) in [4.78, 5) is 2.58.